The topological polar surface area (TPSA) is 161 Å². The second-order valence-corrected chi connectivity index (χ2v) is 23.7. The molecule has 2 aromatic carbocycles. The number of fused-ring (bicyclic) bond motifs is 5. The van der Waals surface area contributed by atoms with Gasteiger partial charge in [-0.1, -0.05) is 129 Å². The Kier molecular flexibility index (Phi) is 25.9. The van der Waals surface area contributed by atoms with Crippen molar-refractivity contribution in [3.05, 3.63) is 176 Å². The van der Waals surface area contributed by atoms with Crippen molar-refractivity contribution in [2.24, 2.45) is 44.6 Å². The molecule has 1 amide bonds. The summed E-state index contributed by atoms with van der Waals surface area (Å²) in [4.78, 5) is 58.5. The van der Waals surface area contributed by atoms with Gasteiger partial charge < -0.3 is 34.9 Å². The van der Waals surface area contributed by atoms with E-state index in [1.165, 1.54) is 57.6 Å². The summed E-state index contributed by atoms with van der Waals surface area (Å²) >= 11 is 0. The van der Waals surface area contributed by atoms with Crippen molar-refractivity contribution in [1.82, 2.24) is 16.0 Å². The number of methoxy groups -OCH3 is 3. The van der Waals surface area contributed by atoms with E-state index in [-0.39, 0.29) is 72.8 Å². The SMILES string of the molecule is C=CC1=C(C)C2=NC1=CC1=NC(=C(CC)/C1=C\NCc1ccc(OC)cc1)C=C1N=C(C(CC(=O)OC)=C3NC(=C2)C(C)C3CCC(=O)OC/C=C(\C)CCCC(C)CCCC(C)CCCC(C)C)C(C(=O)NCc2ccc(OC)cc2)=C1C.[Mg+2]. The van der Waals surface area contributed by atoms with Crippen LogP contribution in [0.2, 0.25) is 0 Å². The third-order valence-corrected chi connectivity index (χ3v) is 17.0. The molecule has 7 rings (SSSR count). The van der Waals surface area contributed by atoms with Crippen molar-refractivity contribution in [1.29, 1.82) is 0 Å². The number of amides is 1. The average molecular weight is 1170 g/mol. The van der Waals surface area contributed by atoms with E-state index in [4.69, 9.17) is 33.9 Å². The van der Waals surface area contributed by atoms with Crippen LogP contribution in [0.25, 0.3) is 0 Å². The number of carbonyl (C=O) groups excluding carboxylic acids is 3. The number of rotatable bonds is 29. The molecule has 448 valence electrons. The van der Waals surface area contributed by atoms with Crippen LogP contribution < -0.4 is 25.4 Å². The summed E-state index contributed by atoms with van der Waals surface area (Å²) < 4.78 is 22.1. The second-order valence-electron chi connectivity index (χ2n) is 23.7. The number of hydrogen-bond donors (Lipinski definition) is 3. The normalized spacial score (nSPS) is 18.7. The minimum atomic E-state index is -0.510. The fourth-order valence-electron chi connectivity index (χ4n) is 11.7. The molecule has 8 bridgehead atoms. The minimum Gasteiger partial charge on any atom is -0.497 e. The van der Waals surface area contributed by atoms with E-state index in [1.807, 2.05) is 99.0 Å². The molecule has 0 saturated carbocycles. The molecule has 1 saturated heterocycles. The quantitative estimate of drug-likeness (QED) is 0.0409. The van der Waals surface area contributed by atoms with Crippen LogP contribution in [0.3, 0.4) is 0 Å². The van der Waals surface area contributed by atoms with Gasteiger partial charge in [0.1, 0.15) is 18.1 Å². The number of hydrogen-bond acceptors (Lipinski definition) is 12. The first-order chi connectivity index (χ1) is 40.4. The van der Waals surface area contributed by atoms with Crippen LogP contribution in [0.1, 0.15) is 157 Å². The molecule has 4 unspecified atom stereocenters. The zero-order chi connectivity index (χ0) is 60.5. The Labute approximate surface area is 523 Å². The summed E-state index contributed by atoms with van der Waals surface area (Å²) in [5.74, 6) is 2.04. The molecule has 2 aromatic rings. The monoisotopic (exact) mass is 1160 g/mol. The first-order valence-corrected chi connectivity index (χ1v) is 30.5. The Bertz CT molecular complexity index is 3160. The number of carbonyl (C=O) groups is 3. The molecule has 1 fully saturated rings. The number of allylic oxidation sites excluding steroid dienone is 11. The maximum atomic E-state index is 15.0. The van der Waals surface area contributed by atoms with Crippen LogP contribution in [0, 0.1) is 29.6 Å². The Balaban J connectivity index is 0.0000116. The smallest absolute Gasteiger partial charge is 0.497 e. The molecular weight excluding hydrogens is 1070 g/mol. The van der Waals surface area contributed by atoms with Crippen molar-refractivity contribution < 1.29 is 33.3 Å². The van der Waals surface area contributed by atoms with Crippen LogP contribution in [-0.4, -0.2) is 86.0 Å². The van der Waals surface area contributed by atoms with Crippen molar-refractivity contribution in [3.8, 4) is 11.5 Å². The fraction of sp³-hybridized carbons (Fsp3) is 0.465. The predicted octanol–water partition coefficient (Wildman–Crippen LogP) is 14.5. The first-order valence-electron chi connectivity index (χ1n) is 30.5. The Morgan fingerprint density at radius 3 is 1.99 bits per heavy atom. The van der Waals surface area contributed by atoms with Gasteiger partial charge in [-0.3, -0.25) is 14.4 Å². The Morgan fingerprint density at radius 2 is 1.38 bits per heavy atom. The fourth-order valence-corrected chi connectivity index (χ4v) is 11.7. The van der Waals surface area contributed by atoms with E-state index in [1.54, 1.807) is 14.2 Å². The summed E-state index contributed by atoms with van der Waals surface area (Å²) in [6, 6.07) is 15.5. The molecule has 5 aliphatic heterocycles. The number of esters is 2. The maximum absolute atomic E-state index is 15.0. The standard InChI is InChI=1S/C71H92N6O7.Mg/c1-14-55-48(8)60-38-61-49(9)57(33-34-66(78)84-36-35-47(7)24-18-23-46(6)22-17-21-45(5)20-16-19-44(3)4)69(76-61)58(37-67(79)83-13)70-68(71(80)73-42-52-27-31-54(82-12)32-28-52)50(10)62(77-70)39-64-56(15-2)59(65(75-64)40-63(55)74-60)43-72-41-51-25-29-53(81-11)30-26-51;/h14,25-32,35,38-40,43-46,49,57,72,76H,1,15-24,33-34,36-37,41-42H2,2-13H3,(H,73,80);/q;+2/b47-35+,59-43+,61-38?,62-39?,63-40?,69-58?;. The number of nitrogens with zero attached hydrogens (tertiary/aromatic N) is 3. The zero-order valence-electron chi connectivity index (χ0n) is 52.9. The number of benzene rings is 2. The van der Waals surface area contributed by atoms with Gasteiger partial charge in [-0.15, -0.1) is 0 Å². The molecule has 0 aromatic heterocycles. The van der Waals surface area contributed by atoms with Gasteiger partial charge in [0.05, 0.1) is 67.5 Å². The van der Waals surface area contributed by atoms with Crippen LogP contribution in [0.4, 0.5) is 0 Å². The van der Waals surface area contributed by atoms with E-state index in [0.29, 0.717) is 82.0 Å². The van der Waals surface area contributed by atoms with E-state index in [2.05, 4.69) is 71.0 Å². The van der Waals surface area contributed by atoms with Gasteiger partial charge in [-0.25, -0.2) is 15.0 Å². The van der Waals surface area contributed by atoms with E-state index < -0.39 is 5.97 Å². The van der Waals surface area contributed by atoms with Gasteiger partial charge in [0.2, 0.25) is 0 Å². The molecule has 0 aliphatic carbocycles. The summed E-state index contributed by atoms with van der Waals surface area (Å²) in [6.07, 6.45) is 23.9. The first kappa shape index (κ1) is 67.4. The number of aliphatic imine (C=N–C) groups is 3. The van der Waals surface area contributed by atoms with Crippen LogP contribution >= 0.6 is 0 Å². The minimum absolute atomic E-state index is 0. The van der Waals surface area contributed by atoms with Gasteiger partial charge in [0.25, 0.3) is 5.91 Å². The van der Waals surface area contributed by atoms with Crippen molar-refractivity contribution in [3.63, 3.8) is 0 Å². The summed E-state index contributed by atoms with van der Waals surface area (Å²) in [6.45, 7) is 24.9. The van der Waals surface area contributed by atoms with E-state index in [0.717, 1.165) is 75.3 Å². The summed E-state index contributed by atoms with van der Waals surface area (Å²) in [5.41, 5.74) is 13.5. The van der Waals surface area contributed by atoms with Gasteiger partial charge in [0.15, 0.2) is 0 Å². The van der Waals surface area contributed by atoms with Crippen molar-refractivity contribution >= 4 is 58.0 Å². The number of ether oxygens (including phenoxy) is 4. The third-order valence-electron chi connectivity index (χ3n) is 17.0. The molecule has 0 spiro atoms. The van der Waals surface area contributed by atoms with Gasteiger partial charge in [-0.05, 0) is 141 Å². The van der Waals surface area contributed by atoms with Crippen LogP contribution in [0.5, 0.6) is 11.5 Å². The molecule has 5 aliphatic rings. The van der Waals surface area contributed by atoms with Gasteiger partial charge in [-0.2, -0.15) is 0 Å². The summed E-state index contributed by atoms with van der Waals surface area (Å²) in [7, 11) is 4.63. The van der Waals surface area contributed by atoms with E-state index >= 15 is 0 Å². The van der Waals surface area contributed by atoms with Crippen molar-refractivity contribution in [2.75, 3.05) is 27.9 Å². The molecule has 4 atom stereocenters. The average Bonchev–Trinajstić information content (AvgIpc) is 1.95. The molecule has 85 heavy (non-hydrogen) atoms. The number of nitrogens with one attached hydrogen (secondary N) is 3. The summed E-state index contributed by atoms with van der Waals surface area (Å²) in [5, 5.41) is 10.5. The molecular formula is C71H92MgN6O7+2. The molecule has 5 heterocycles. The molecule has 13 nitrogen and oxygen atoms in total. The predicted molar refractivity (Wildman–Crippen MR) is 346 cm³/mol. The van der Waals surface area contributed by atoms with Crippen LogP contribution in [-0.2, 0) is 36.9 Å². The Morgan fingerprint density at radius 1 is 0.741 bits per heavy atom. The third kappa shape index (κ3) is 18.1. The maximum Gasteiger partial charge on any atom is 2.00 e. The largest absolute Gasteiger partial charge is 2.00 e. The molecule has 3 N–H and O–H groups in total. The van der Waals surface area contributed by atoms with Gasteiger partial charge >= 0.3 is 35.0 Å². The van der Waals surface area contributed by atoms with Crippen molar-refractivity contribution in [2.45, 2.75) is 159 Å². The second kappa shape index (κ2) is 32.7. The van der Waals surface area contributed by atoms with E-state index in [9.17, 15) is 14.4 Å². The van der Waals surface area contributed by atoms with Crippen LogP contribution in [0.15, 0.2) is 180 Å². The Hall–Kier alpha value is -6.77. The zero-order valence-corrected chi connectivity index (χ0v) is 54.3. The molecule has 14 heteroatoms. The molecule has 0 radical (unpaired) electrons. The van der Waals surface area contributed by atoms with Gasteiger partial charge in [0, 0.05) is 65.7 Å².